The predicted molar refractivity (Wildman–Crippen MR) is 86.9 cm³/mol. The van der Waals surface area contributed by atoms with Gasteiger partial charge in [0.15, 0.2) is 0 Å². The summed E-state index contributed by atoms with van der Waals surface area (Å²) < 4.78 is 7.52. The predicted octanol–water partition coefficient (Wildman–Crippen LogP) is -1.93. The second-order valence-corrected chi connectivity index (χ2v) is 7.37. The molecule has 0 aromatic carbocycles. The Morgan fingerprint density at radius 1 is 1.08 bits per heavy atom. The molecule has 3 aliphatic heterocycles. The number of piperidine rings is 1. The summed E-state index contributed by atoms with van der Waals surface area (Å²) in [5, 5.41) is 39.7. The number of aliphatic hydroxyl groups excluding tert-OH is 4. The monoisotopic (exact) mass is 352 g/mol. The van der Waals surface area contributed by atoms with E-state index in [2.05, 4.69) is 0 Å². The summed E-state index contributed by atoms with van der Waals surface area (Å²) >= 11 is 0. The van der Waals surface area contributed by atoms with Gasteiger partial charge in [-0.3, -0.25) is 9.69 Å². The van der Waals surface area contributed by atoms with E-state index in [1.807, 2.05) is 15.5 Å². The number of aromatic nitrogens is 1. The SMILES string of the molecule is O=c1cccc2n1C[C@H]1C[C@H]2CN([C@@H]2O[C@H](CO)[C@H](O)[C@@H](O)[C@H]2O)C1. The minimum absolute atomic E-state index is 0.00786. The van der Waals surface area contributed by atoms with E-state index in [9.17, 15) is 25.2 Å². The van der Waals surface area contributed by atoms with Gasteiger partial charge in [-0.15, -0.1) is 0 Å². The zero-order chi connectivity index (χ0) is 17.7. The molecule has 7 atom stereocenters. The van der Waals surface area contributed by atoms with Gasteiger partial charge < -0.3 is 29.7 Å². The van der Waals surface area contributed by atoms with Crippen molar-refractivity contribution in [3.8, 4) is 0 Å². The fourth-order valence-electron chi connectivity index (χ4n) is 4.53. The van der Waals surface area contributed by atoms with Gasteiger partial charge in [-0.1, -0.05) is 6.07 Å². The fourth-order valence-corrected chi connectivity index (χ4v) is 4.53. The van der Waals surface area contributed by atoms with Crippen molar-refractivity contribution in [2.75, 3.05) is 19.7 Å². The molecular weight excluding hydrogens is 328 g/mol. The van der Waals surface area contributed by atoms with Crippen LogP contribution in [0, 0.1) is 5.92 Å². The first kappa shape index (κ1) is 17.1. The number of likely N-dealkylation sites (tertiary alicyclic amines) is 1. The Kier molecular flexibility index (Phi) is 4.43. The van der Waals surface area contributed by atoms with Crippen LogP contribution in [0.1, 0.15) is 18.0 Å². The number of fused-ring (bicyclic) bond motifs is 4. The molecule has 4 heterocycles. The van der Waals surface area contributed by atoms with Gasteiger partial charge in [0.1, 0.15) is 30.6 Å². The molecule has 8 nitrogen and oxygen atoms in total. The van der Waals surface area contributed by atoms with Crippen molar-refractivity contribution < 1.29 is 25.2 Å². The summed E-state index contributed by atoms with van der Waals surface area (Å²) in [4.78, 5) is 14.0. The molecular formula is C17H24N2O6. The van der Waals surface area contributed by atoms with Gasteiger partial charge in [0, 0.05) is 37.3 Å². The molecule has 0 saturated carbocycles. The smallest absolute Gasteiger partial charge is 0.250 e. The van der Waals surface area contributed by atoms with Crippen molar-refractivity contribution in [1.29, 1.82) is 0 Å². The Morgan fingerprint density at radius 3 is 2.64 bits per heavy atom. The van der Waals surface area contributed by atoms with Crippen molar-refractivity contribution in [1.82, 2.24) is 9.47 Å². The average Bonchev–Trinajstić information content (AvgIpc) is 2.61. The van der Waals surface area contributed by atoms with E-state index in [0.29, 0.717) is 19.6 Å². The summed E-state index contributed by atoms with van der Waals surface area (Å²) in [6.07, 6.45) is -4.69. The second kappa shape index (κ2) is 6.46. The van der Waals surface area contributed by atoms with Gasteiger partial charge in [0.05, 0.1) is 6.61 Å². The normalized spacial score (nSPS) is 41.4. The highest BCUT2D eigenvalue weighted by Crippen LogP contribution is 2.37. The van der Waals surface area contributed by atoms with E-state index < -0.39 is 37.3 Å². The maximum absolute atomic E-state index is 12.1. The van der Waals surface area contributed by atoms with E-state index >= 15 is 0 Å². The third kappa shape index (κ3) is 2.83. The van der Waals surface area contributed by atoms with Crippen LogP contribution in [-0.2, 0) is 11.3 Å². The van der Waals surface area contributed by atoms with Crippen molar-refractivity contribution in [3.05, 3.63) is 34.2 Å². The van der Waals surface area contributed by atoms with E-state index in [-0.39, 0.29) is 17.4 Å². The molecule has 0 unspecified atom stereocenters. The summed E-state index contributed by atoms with van der Waals surface area (Å²) in [7, 11) is 0. The van der Waals surface area contributed by atoms with Gasteiger partial charge in [-0.25, -0.2) is 0 Å². The Hall–Kier alpha value is -1.29. The van der Waals surface area contributed by atoms with Crippen LogP contribution in [0.4, 0.5) is 0 Å². The summed E-state index contributed by atoms with van der Waals surface area (Å²) in [5.74, 6) is 0.396. The lowest BCUT2D eigenvalue weighted by molar-refractivity contribution is -0.269. The first-order valence-electron chi connectivity index (χ1n) is 8.74. The lowest BCUT2D eigenvalue weighted by Crippen LogP contribution is -2.65. The van der Waals surface area contributed by atoms with Crippen LogP contribution < -0.4 is 5.56 Å². The fraction of sp³-hybridized carbons (Fsp3) is 0.706. The number of hydrogen-bond acceptors (Lipinski definition) is 7. The average molecular weight is 352 g/mol. The van der Waals surface area contributed by atoms with Gasteiger partial charge in [0.2, 0.25) is 0 Å². The van der Waals surface area contributed by atoms with Crippen LogP contribution in [-0.4, -0.2) is 80.2 Å². The number of aliphatic hydroxyl groups is 4. The highest BCUT2D eigenvalue weighted by molar-refractivity contribution is 5.17. The molecule has 0 aliphatic carbocycles. The molecule has 0 radical (unpaired) electrons. The highest BCUT2D eigenvalue weighted by Gasteiger charge is 2.48. The van der Waals surface area contributed by atoms with E-state index in [1.54, 1.807) is 12.1 Å². The van der Waals surface area contributed by atoms with Crippen molar-refractivity contribution in [3.63, 3.8) is 0 Å². The molecule has 0 amide bonds. The minimum Gasteiger partial charge on any atom is -0.394 e. The maximum atomic E-state index is 12.1. The molecule has 2 saturated heterocycles. The molecule has 3 aliphatic rings. The van der Waals surface area contributed by atoms with Crippen LogP contribution >= 0.6 is 0 Å². The molecule has 4 rings (SSSR count). The first-order chi connectivity index (χ1) is 12.0. The molecule has 2 bridgehead atoms. The lowest BCUT2D eigenvalue weighted by atomic mass is 9.82. The topological polar surface area (TPSA) is 115 Å². The zero-order valence-corrected chi connectivity index (χ0v) is 13.8. The molecule has 2 fully saturated rings. The Bertz CT molecular complexity index is 692. The number of rotatable bonds is 2. The summed E-state index contributed by atoms with van der Waals surface area (Å²) in [6.45, 7) is 1.41. The van der Waals surface area contributed by atoms with Gasteiger partial charge in [0.25, 0.3) is 5.56 Å². The molecule has 25 heavy (non-hydrogen) atoms. The number of nitrogens with zero attached hydrogens (tertiary/aromatic N) is 2. The third-order valence-corrected chi connectivity index (χ3v) is 5.73. The van der Waals surface area contributed by atoms with Crippen molar-refractivity contribution in [2.45, 2.75) is 49.5 Å². The van der Waals surface area contributed by atoms with Gasteiger partial charge in [-0.2, -0.15) is 0 Å². The molecule has 1 aromatic rings. The maximum Gasteiger partial charge on any atom is 0.250 e. The van der Waals surface area contributed by atoms with Gasteiger partial charge >= 0.3 is 0 Å². The minimum atomic E-state index is -1.37. The van der Waals surface area contributed by atoms with E-state index in [0.717, 1.165) is 12.1 Å². The van der Waals surface area contributed by atoms with Crippen LogP contribution in [0.5, 0.6) is 0 Å². The number of ether oxygens (including phenoxy) is 1. The van der Waals surface area contributed by atoms with Crippen LogP contribution in [0.2, 0.25) is 0 Å². The van der Waals surface area contributed by atoms with Gasteiger partial charge in [-0.05, 0) is 18.4 Å². The Morgan fingerprint density at radius 2 is 1.88 bits per heavy atom. The van der Waals surface area contributed by atoms with Crippen molar-refractivity contribution >= 4 is 0 Å². The number of pyridine rings is 1. The Balaban J connectivity index is 1.58. The van der Waals surface area contributed by atoms with Crippen LogP contribution in [0.15, 0.2) is 23.0 Å². The molecule has 1 aromatic heterocycles. The third-order valence-electron chi connectivity index (χ3n) is 5.73. The summed E-state index contributed by atoms with van der Waals surface area (Å²) in [5.41, 5.74) is 0.992. The second-order valence-electron chi connectivity index (χ2n) is 7.37. The highest BCUT2D eigenvalue weighted by atomic mass is 16.6. The largest absolute Gasteiger partial charge is 0.394 e. The standard InChI is InChI=1S/C17H24N2O6/c20-8-12-14(22)15(23)16(24)17(25-12)18-5-9-4-10(7-18)11-2-1-3-13(21)19(11)6-9/h1-3,9-10,12,14-17,20,22-24H,4-8H2/t9-,10-,12+,14-,15+,16+,17+/m0/s1. The Labute approximate surface area is 144 Å². The van der Waals surface area contributed by atoms with E-state index in [1.165, 1.54) is 0 Å². The molecule has 138 valence electrons. The molecule has 8 heteroatoms. The molecule has 4 N–H and O–H groups in total. The molecule has 0 spiro atoms. The van der Waals surface area contributed by atoms with E-state index in [4.69, 9.17) is 4.74 Å². The zero-order valence-electron chi connectivity index (χ0n) is 13.8. The quantitative estimate of drug-likeness (QED) is 0.490. The van der Waals surface area contributed by atoms with Crippen molar-refractivity contribution in [2.24, 2.45) is 5.92 Å². The summed E-state index contributed by atoms with van der Waals surface area (Å²) in [6, 6.07) is 5.29. The van der Waals surface area contributed by atoms with Crippen LogP contribution in [0.25, 0.3) is 0 Å². The lowest BCUT2D eigenvalue weighted by Gasteiger charge is -2.50. The number of hydrogen-bond donors (Lipinski definition) is 4. The first-order valence-corrected chi connectivity index (χ1v) is 8.74. The van der Waals surface area contributed by atoms with Crippen LogP contribution in [0.3, 0.4) is 0 Å².